The van der Waals surface area contributed by atoms with E-state index in [-0.39, 0.29) is 18.1 Å². The molecule has 2 aliphatic rings. The topological polar surface area (TPSA) is 130 Å². The monoisotopic (exact) mass is 675 g/mol. The molecule has 2 unspecified atom stereocenters. The summed E-state index contributed by atoms with van der Waals surface area (Å²) in [7, 11) is -1.18. The van der Waals surface area contributed by atoms with Gasteiger partial charge < -0.3 is 23.9 Å². The number of rotatable bonds is 9. The summed E-state index contributed by atoms with van der Waals surface area (Å²) in [6.45, 7) is 11.0. The second-order valence-corrected chi connectivity index (χ2v) is 19.6. The van der Waals surface area contributed by atoms with Crippen molar-refractivity contribution in [2.75, 3.05) is 19.8 Å². The smallest absolute Gasteiger partial charge is 0.407 e. The van der Waals surface area contributed by atoms with Gasteiger partial charge in [-0.3, -0.25) is 14.6 Å². The van der Waals surface area contributed by atoms with Crippen LogP contribution in [0.25, 0.3) is 33.3 Å². The minimum atomic E-state index is -1.18. The molecule has 0 saturated carbocycles. The Balaban J connectivity index is 1.10. The number of imidazole rings is 1. The lowest BCUT2D eigenvalue weighted by Gasteiger charge is -2.46. The molecule has 5 heterocycles. The van der Waals surface area contributed by atoms with Gasteiger partial charge in [0.05, 0.1) is 66.0 Å². The summed E-state index contributed by atoms with van der Waals surface area (Å²) in [5.41, 5.74) is 4.39. The number of piperidine rings is 1. The van der Waals surface area contributed by atoms with E-state index in [1.54, 1.807) is 23.4 Å². The number of hydrogen-bond donors (Lipinski definition) is 1. The molecule has 246 valence electrons. The van der Waals surface area contributed by atoms with Gasteiger partial charge in [-0.05, 0) is 50.1 Å². The molecule has 47 heavy (non-hydrogen) atoms. The number of nitrogens with zero attached hydrogens (tertiary/aromatic N) is 7. The van der Waals surface area contributed by atoms with Crippen LogP contribution < -0.4 is 4.74 Å². The van der Waals surface area contributed by atoms with E-state index in [0.717, 1.165) is 35.1 Å². The lowest BCUT2D eigenvalue weighted by molar-refractivity contribution is -0.0722. The van der Waals surface area contributed by atoms with E-state index in [4.69, 9.17) is 35.8 Å². The zero-order valence-corrected chi connectivity index (χ0v) is 28.6. The Morgan fingerprint density at radius 1 is 1.06 bits per heavy atom. The van der Waals surface area contributed by atoms with Gasteiger partial charge in [0.2, 0.25) is 0 Å². The quantitative estimate of drug-likeness (QED) is 0.130. The lowest BCUT2D eigenvalue weighted by Crippen LogP contribution is -2.58. The van der Waals surface area contributed by atoms with Crippen LogP contribution in [0.4, 0.5) is 4.79 Å². The highest BCUT2D eigenvalue weighted by Crippen LogP contribution is 2.37. The number of morpholine rings is 1. The highest BCUT2D eigenvalue weighted by molar-refractivity contribution is 6.76. The molecule has 0 radical (unpaired) electrons. The van der Waals surface area contributed by atoms with E-state index in [1.807, 2.05) is 42.1 Å². The Morgan fingerprint density at radius 3 is 2.57 bits per heavy atom. The van der Waals surface area contributed by atoms with Crippen molar-refractivity contribution in [1.82, 2.24) is 34.2 Å². The molecular weight excluding hydrogens is 638 g/mol. The second kappa shape index (κ2) is 12.5. The molecule has 7 rings (SSSR count). The summed E-state index contributed by atoms with van der Waals surface area (Å²) in [5, 5.41) is 14.7. The first-order valence-electron chi connectivity index (χ1n) is 15.9. The van der Waals surface area contributed by atoms with Crippen molar-refractivity contribution in [2.24, 2.45) is 0 Å². The summed E-state index contributed by atoms with van der Waals surface area (Å²) >= 11 is 6.90. The van der Waals surface area contributed by atoms with Crippen LogP contribution in [-0.2, 0) is 16.2 Å². The fourth-order valence-corrected chi connectivity index (χ4v) is 7.44. The van der Waals surface area contributed by atoms with Crippen molar-refractivity contribution in [2.45, 2.75) is 70.3 Å². The highest BCUT2D eigenvalue weighted by Gasteiger charge is 2.42. The summed E-state index contributed by atoms with van der Waals surface area (Å²) in [6, 6.07) is 10.2. The Morgan fingerprint density at radius 2 is 1.83 bits per heavy atom. The summed E-state index contributed by atoms with van der Waals surface area (Å²) in [5.74, 6) is 1.97. The Bertz CT molecular complexity index is 1940. The van der Waals surface area contributed by atoms with E-state index >= 15 is 0 Å². The average Bonchev–Trinajstić information content (AvgIpc) is 3.64. The number of carboxylic acid groups (broad SMARTS) is 1. The van der Waals surface area contributed by atoms with E-state index in [0.29, 0.717) is 66.0 Å². The Labute approximate surface area is 278 Å². The number of carbonyl (C=O) groups is 1. The third-order valence-corrected chi connectivity index (χ3v) is 11.0. The first kappa shape index (κ1) is 31.6. The van der Waals surface area contributed by atoms with E-state index in [1.165, 1.54) is 0 Å². The zero-order valence-electron chi connectivity index (χ0n) is 26.9. The molecule has 5 aromatic rings. The molecule has 2 atom stereocenters. The molecule has 3 aromatic heterocycles. The summed E-state index contributed by atoms with van der Waals surface area (Å²) in [4.78, 5) is 27.5. The Kier molecular flexibility index (Phi) is 8.41. The van der Waals surface area contributed by atoms with Crippen LogP contribution in [0.1, 0.15) is 24.7 Å². The molecule has 2 aromatic carbocycles. The first-order valence-corrected chi connectivity index (χ1v) is 19.9. The van der Waals surface area contributed by atoms with Gasteiger partial charge in [0.25, 0.3) is 0 Å². The molecule has 14 heteroatoms. The van der Waals surface area contributed by atoms with Crippen molar-refractivity contribution < 1.29 is 24.1 Å². The van der Waals surface area contributed by atoms with Gasteiger partial charge in [-0.2, -0.15) is 5.10 Å². The third-order valence-electron chi connectivity index (χ3n) is 8.96. The standard InChI is InChI=1S/C33H38ClN7O5Si/c1-20-37-26-6-5-25(13-29(26)39(20)19-44-9-10-47(2,3)4)46-30-8-7-27-32(31(30)34)38-28(15-35-27)21-14-36-40(16-21)22-11-23-17-45-18-24(12-22)41(23)33(42)43/h5-8,13-16,22-24H,9-12,17-19H2,1-4H3,(H,42,43). The van der Waals surface area contributed by atoms with Crippen LogP contribution >= 0.6 is 11.6 Å². The molecular formula is C33H38ClN7O5Si. The van der Waals surface area contributed by atoms with Crippen molar-refractivity contribution in [3.05, 3.63) is 59.8 Å². The van der Waals surface area contributed by atoms with Gasteiger partial charge in [0, 0.05) is 32.5 Å². The van der Waals surface area contributed by atoms with Crippen LogP contribution in [0.15, 0.2) is 48.9 Å². The lowest BCUT2D eigenvalue weighted by atomic mass is 9.90. The second-order valence-electron chi connectivity index (χ2n) is 13.6. The first-order chi connectivity index (χ1) is 22.5. The van der Waals surface area contributed by atoms with E-state index in [9.17, 15) is 9.90 Å². The minimum Gasteiger partial charge on any atom is -0.465 e. The minimum absolute atomic E-state index is 0.0596. The number of ether oxygens (including phenoxy) is 3. The molecule has 2 saturated heterocycles. The Hall–Kier alpha value is -4.04. The van der Waals surface area contributed by atoms with Crippen molar-refractivity contribution in [3.63, 3.8) is 0 Å². The third kappa shape index (κ3) is 6.44. The maximum atomic E-state index is 11.8. The number of amides is 1. The largest absolute Gasteiger partial charge is 0.465 e. The number of aromatic nitrogens is 6. The van der Waals surface area contributed by atoms with Gasteiger partial charge in [-0.1, -0.05) is 31.2 Å². The van der Waals surface area contributed by atoms with Gasteiger partial charge in [-0.25, -0.2) is 14.8 Å². The fourth-order valence-electron chi connectivity index (χ4n) is 6.44. The maximum absolute atomic E-state index is 11.8. The molecule has 1 N–H and O–H groups in total. The molecule has 2 aliphatic heterocycles. The van der Waals surface area contributed by atoms with Crippen LogP contribution in [0.3, 0.4) is 0 Å². The van der Waals surface area contributed by atoms with Crippen molar-refractivity contribution in [3.8, 4) is 22.8 Å². The molecule has 1 amide bonds. The molecule has 12 nitrogen and oxygen atoms in total. The van der Waals surface area contributed by atoms with Crippen molar-refractivity contribution >= 4 is 47.8 Å². The summed E-state index contributed by atoms with van der Waals surface area (Å²) < 4.78 is 21.9. The summed E-state index contributed by atoms with van der Waals surface area (Å²) in [6.07, 6.45) is 5.79. The number of benzene rings is 2. The van der Waals surface area contributed by atoms with E-state index in [2.05, 4.69) is 34.3 Å². The van der Waals surface area contributed by atoms with Crippen LogP contribution in [0.2, 0.25) is 30.7 Å². The highest BCUT2D eigenvalue weighted by atomic mass is 35.5. The molecule has 0 aliphatic carbocycles. The van der Waals surface area contributed by atoms with Crippen LogP contribution in [0, 0.1) is 6.92 Å². The zero-order chi connectivity index (χ0) is 32.9. The normalized spacial score (nSPS) is 19.9. The van der Waals surface area contributed by atoms with Crippen LogP contribution in [0.5, 0.6) is 11.5 Å². The number of fused-ring (bicyclic) bond motifs is 4. The van der Waals surface area contributed by atoms with Crippen molar-refractivity contribution in [1.29, 1.82) is 0 Å². The predicted molar refractivity (Wildman–Crippen MR) is 181 cm³/mol. The predicted octanol–water partition coefficient (Wildman–Crippen LogP) is 6.99. The molecule has 0 spiro atoms. The average molecular weight is 676 g/mol. The van der Waals surface area contributed by atoms with Gasteiger partial charge in [0.1, 0.15) is 34.6 Å². The molecule has 2 fully saturated rings. The van der Waals surface area contributed by atoms with Gasteiger partial charge in [0.15, 0.2) is 0 Å². The number of halogens is 1. The number of aryl methyl sites for hydroxylation is 1. The van der Waals surface area contributed by atoms with Gasteiger partial charge in [-0.15, -0.1) is 0 Å². The SMILES string of the molecule is Cc1nc2ccc(Oc3ccc4ncc(-c5cnn(C6CC7COCC(C6)N7C(=O)O)c5)nc4c3Cl)cc2n1COCC[Si](C)(C)C. The van der Waals surface area contributed by atoms with Gasteiger partial charge >= 0.3 is 6.09 Å². The van der Waals surface area contributed by atoms with E-state index < -0.39 is 14.2 Å². The fraction of sp³-hybridized carbons (Fsp3) is 0.424. The number of hydrogen-bond acceptors (Lipinski definition) is 8. The van der Waals surface area contributed by atoms with Crippen LogP contribution in [-0.4, -0.2) is 85.4 Å². The molecule has 2 bridgehead atoms. The maximum Gasteiger partial charge on any atom is 0.407 e.